The van der Waals surface area contributed by atoms with Gasteiger partial charge >= 0.3 is 12.2 Å². The van der Waals surface area contributed by atoms with Gasteiger partial charge in [0.1, 0.15) is 5.92 Å². The summed E-state index contributed by atoms with van der Waals surface area (Å²) in [5.74, 6) is -4.74. The number of ether oxygens (including phenoxy) is 1. The van der Waals surface area contributed by atoms with E-state index in [2.05, 4.69) is 10.6 Å². The van der Waals surface area contributed by atoms with E-state index in [1.165, 1.54) is 43.5 Å². The molecule has 0 bridgehead atoms. The number of alkyl halides is 3. The standard InChI is InChI=1S/C19H17F3N2O5/c1-29-13-9-10(7-8-12(13)25)15-14(16(26)19(20,21)22)18(28,24-17(27)23-15)11-5-3-2-4-6-11/h2-9,14-15,25,28H,1H3,(H2,23,24,27)/t14-,15+,18+/m1/s1. The highest BCUT2D eigenvalue weighted by molar-refractivity contribution is 5.91. The Hall–Kier alpha value is -3.27. The fraction of sp³-hybridized carbons (Fsp3) is 0.263. The molecule has 1 aliphatic rings. The van der Waals surface area contributed by atoms with Gasteiger partial charge in [-0.2, -0.15) is 13.2 Å². The Morgan fingerprint density at radius 2 is 1.83 bits per heavy atom. The van der Waals surface area contributed by atoms with Crippen molar-refractivity contribution in [2.45, 2.75) is 17.9 Å². The molecule has 3 rings (SSSR count). The van der Waals surface area contributed by atoms with E-state index < -0.39 is 35.7 Å². The molecule has 0 aromatic heterocycles. The van der Waals surface area contributed by atoms with E-state index in [4.69, 9.17) is 4.74 Å². The summed E-state index contributed by atoms with van der Waals surface area (Å²) >= 11 is 0. The van der Waals surface area contributed by atoms with Crippen LogP contribution in [0.5, 0.6) is 11.5 Å². The molecule has 3 atom stereocenters. The normalized spacial score (nSPS) is 24.4. The molecule has 1 saturated heterocycles. The average Bonchev–Trinajstić information content (AvgIpc) is 2.67. The maximum atomic E-state index is 13.4. The number of Topliss-reactive ketones (excluding diaryl/α,β-unsaturated/α-hetero) is 1. The molecule has 154 valence electrons. The minimum absolute atomic E-state index is 0.0338. The van der Waals surface area contributed by atoms with Crippen LogP contribution in [-0.2, 0) is 10.5 Å². The number of amides is 2. The van der Waals surface area contributed by atoms with Gasteiger partial charge < -0.3 is 25.6 Å². The zero-order chi connectivity index (χ0) is 21.4. The molecule has 0 unspecified atom stereocenters. The van der Waals surface area contributed by atoms with Gasteiger partial charge in [-0.15, -0.1) is 0 Å². The number of hydrogen-bond donors (Lipinski definition) is 4. The molecular formula is C19H17F3N2O5. The van der Waals surface area contributed by atoms with E-state index in [1.54, 1.807) is 6.07 Å². The number of ketones is 1. The van der Waals surface area contributed by atoms with Crippen LogP contribution in [0.25, 0.3) is 0 Å². The number of aliphatic hydroxyl groups is 1. The highest BCUT2D eigenvalue weighted by atomic mass is 19.4. The first-order chi connectivity index (χ1) is 13.6. The first-order valence-electron chi connectivity index (χ1n) is 8.42. The van der Waals surface area contributed by atoms with E-state index in [1.807, 2.05) is 0 Å². The average molecular weight is 410 g/mol. The lowest BCUT2D eigenvalue weighted by atomic mass is 9.76. The number of methoxy groups -OCH3 is 1. The summed E-state index contributed by atoms with van der Waals surface area (Å²) in [6.07, 6.45) is -5.28. The van der Waals surface area contributed by atoms with Crippen molar-refractivity contribution in [1.29, 1.82) is 0 Å². The summed E-state index contributed by atoms with van der Waals surface area (Å²) in [6.45, 7) is 0. The minimum Gasteiger partial charge on any atom is -0.504 e. The molecule has 0 spiro atoms. The molecule has 2 aromatic rings. The molecule has 1 fully saturated rings. The van der Waals surface area contributed by atoms with Crippen LogP contribution in [0.1, 0.15) is 17.2 Å². The Labute approximate surface area is 163 Å². The van der Waals surface area contributed by atoms with E-state index >= 15 is 0 Å². The van der Waals surface area contributed by atoms with Crippen LogP contribution in [0.2, 0.25) is 0 Å². The Kier molecular flexibility index (Phi) is 5.14. The third-order valence-corrected chi connectivity index (χ3v) is 4.71. The molecule has 0 aliphatic carbocycles. The summed E-state index contributed by atoms with van der Waals surface area (Å²) in [6, 6.07) is 8.12. The summed E-state index contributed by atoms with van der Waals surface area (Å²) < 4.78 is 45.2. The van der Waals surface area contributed by atoms with Gasteiger partial charge in [0.15, 0.2) is 17.2 Å². The number of hydrogen-bond acceptors (Lipinski definition) is 5. The van der Waals surface area contributed by atoms with Crippen molar-refractivity contribution in [3.63, 3.8) is 0 Å². The molecule has 7 nitrogen and oxygen atoms in total. The number of nitrogens with one attached hydrogen (secondary N) is 2. The van der Waals surface area contributed by atoms with Crippen LogP contribution in [0, 0.1) is 5.92 Å². The molecular weight excluding hydrogens is 393 g/mol. The van der Waals surface area contributed by atoms with E-state index in [-0.39, 0.29) is 22.6 Å². The molecule has 29 heavy (non-hydrogen) atoms. The zero-order valence-corrected chi connectivity index (χ0v) is 15.0. The molecule has 4 N–H and O–H groups in total. The van der Waals surface area contributed by atoms with Crippen LogP contribution in [0.15, 0.2) is 48.5 Å². The van der Waals surface area contributed by atoms with Crippen LogP contribution >= 0.6 is 0 Å². The maximum Gasteiger partial charge on any atom is 0.450 e. The van der Waals surface area contributed by atoms with Gasteiger partial charge in [-0.05, 0) is 17.7 Å². The monoisotopic (exact) mass is 410 g/mol. The third kappa shape index (κ3) is 3.70. The number of halogens is 3. The largest absolute Gasteiger partial charge is 0.504 e. The highest BCUT2D eigenvalue weighted by Gasteiger charge is 2.59. The van der Waals surface area contributed by atoms with E-state index in [9.17, 15) is 33.0 Å². The van der Waals surface area contributed by atoms with Crippen molar-refractivity contribution in [3.8, 4) is 11.5 Å². The van der Waals surface area contributed by atoms with Gasteiger partial charge in [-0.1, -0.05) is 36.4 Å². The Bertz CT molecular complexity index is 935. The molecule has 0 saturated carbocycles. The van der Waals surface area contributed by atoms with Crippen molar-refractivity contribution in [1.82, 2.24) is 10.6 Å². The van der Waals surface area contributed by atoms with Crippen molar-refractivity contribution < 1.29 is 37.7 Å². The second kappa shape index (κ2) is 7.28. The zero-order valence-electron chi connectivity index (χ0n) is 15.0. The maximum absolute atomic E-state index is 13.4. The predicted octanol–water partition coefficient (Wildman–Crippen LogP) is 2.35. The van der Waals surface area contributed by atoms with Gasteiger partial charge in [0.2, 0.25) is 5.78 Å². The van der Waals surface area contributed by atoms with E-state index in [0.717, 1.165) is 6.07 Å². The summed E-state index contributed by atoms with van der Waals surface area (Å²) in [5, 5.41) is 25.2. The van der Waals surface area contributed by atoms with Gasteiger partial charge in [-0.25, -0.2) is 4.79 Å². The second-order valence-corrected chi connectivity index (χ2v) is 6.48. The number of phenols is 1. The lowest BCUT2D eigenvalue weighted by molar-refractivity contribution is -0.190. The van der Waals surface area contributed by atoms with Crippen molar-refractivity contribution in [3.05, 3.63) is 59.7 Å². The Balaban J connectivity index is 2.20. The predicted molar refractivity (Wildman–Crippen MR) is 94.0 cm³/mol. The van der Waals surface area contributed by atoms with Gasteiger partial charge in [0, 0.05) is 5.56 Å². The number of phenolic OH excluding ortho intramolecular Hbond substituents is 1. The number of carbonyl (C=O) groups is 2. The second-order valence-electron chi connectivity index (χ2n) is 6.48. The topological polar surface area (TPSA) is 108 Å². The number of urea groups is 1. The van der Waals surface area contributed by atoms with Crippen molar-refractivity contribution in [2.24, 2.45) is 5.92 Å². The van der Waals surface area contributed by atoms with Crippen LogP contribution < -0.4 is 15.4 Å². The summed E-state index contributed by atoms with van der Waals surface area (Å²) in [4.78, 5) is 24.6. The smallest absolute Gasteiger partial charge is 0.450 e. The Morgan fingerprint density at radius 1 is 1.17 bits per heavy atom. The number of benzene rings is 2. The SMILES string of the molecule is COc1cc([C@@H]2NC(=O)N[C@](O)(c3ccccc3)[C@H]2C(=O)C(F)(F)F)ccc1O. The van der Waals surface area contributed by atoms with Gasteiger partial charge in [-0.3, -0.25) is 4.79 Å². The first-order valence-corrected chi connectivity index (χ1v) is 8.42. The summed E-state index contributed by atoms with van der Waals surface area (Å²) in [5.41, 5.74) is -2.69. The fourth-order valence-electron chi connectivity index (χ4n) is 3.38. The minimum atomic E-state index is -5.28. The molecule has 1 aliphatic heterocycles. The first kappa shape index (κ1) is 20.5. The number of rotatable bonds is 4. The molecule has 0 radical (unpaired) electrons. The molecule has 1 heterocycles. The number of carbonyl (C=O) groups excluding carboxylic acids is 2. The lowest BCUT2D eigenvalue weighted by Crippen LogP contribution is -2.66. The van der Waals surface area contributed by atoms with Crippen molar-refractivity contribution >= 4 is 11.8 Å². The third-order valence-electron chi connectivity index (χ3n) is 4.71. The Morgan fingerprint density at radius 3 is 2.41 bits per heavy atom. The molecule has 2 aromatic carbocycles. The molecule has 2 amide bonds. The van der Waals surface area contributed by atoms with Crippen molar-refractivity contribution in [2.75, 3.05) is 7.11 Å². The van der Waals surface area contributed by atoms with Gasteiger partial charge in [0.25, 0.3) is 0 Å². The summed E-state index contributed by atoms with van der Waals surface area (Å²) in [7, 11) is 1.23. The van der Waals surface area contributed by atoms with Crippen LogP contribution in [0.4, 0.5) is 18.0 Å². The van der Waals surface area contributed by atoms with Gasteiger partial charge in [0.05, 0.1) is 13.2 Å². The lowest BCUT2D eigenvalue weighted by Gasteiger charge is -2.45. The highest BCUT2D eigenvalue weighted by Crippen LogP contribution is 2.44. The molecule has 10 heteroatoms. The quantitative estimate of drug-likeness (QED) is 0.619. The van der Waals surface area contributed by atoms with Crippen LogP contribution in [0.3, 0.4) is 0 Å². The number of aromatic hydroxyl groups is 1. The van der Waals surface area contributed by atoms with E-state index in [0.29, 0.717) is 0 Å². The fourth-order valence-corrected chi connectivity index (χ4v) is 3.38. The van der Waals surface area contributed by atoms with Crippen LogP contribution in [-0.4, -0.2) is 35.3 Å².